The van der Waals surface area contributed by atoms with Gasteiger partial charge in [0.05, 0.1) is 11.5 Å². The Morgan fingerprint density at radius 2 is 1.76 bits per heavy atom. The summed E-state index contributed by atoms with van der Waals surface area (Å²) in [6, 6.07) is 14.2. The van der Waals surface area contributed by atoms with Gasteiger partial charge >= 0.3 is 0 Å². The van der Waals surface area contributed by atoms with Crippen molar-refractivity contribution >= 4 is 10.0 Å². The van der Waals surface area contributed by atoms with Crippen molar-refractivity contribution in [1.29, 1.82) is 0 Å². The van der Waals surface area contributed by atoms with Crippen LogP contribution in [0.3, 0.4) is 0 Å². The minimum atomic E-state index is -3.50. The zero-order valence-corrected chi connectivity index (χ0v) is 12.7. The molecule has 2 aromatic carbocycles. The molecule has 0 amide bonds. The standard InChI is InChI=1S/C16H19NO3S/c1-13-3-2-4-14(11-13)9-10-17-21(19,20)16-7-5-15(12-18)6-8-16/h2-8,11,17-18H,9-10,12H2,1H3. The van der Waals surface area contributed by atoms with Crippen LogP contribution in [0, 0.1) is 6.92 Å². The monoisotopic (exact) mass is 305 g/mol. The van der Waals surface area contributed by atoms with E-state index in [1.165, 1.54) is 12.1 Å². The zero-order chi connectivity index (χ0) is 15.3. The van der Waals surface area contributed by atoms with Gasteiger partial charge in [0, 0.05) is 6.54 Å². The zero-order valence-electron chi connectivity index (χ0n) is 11.9. The molecule has 2 N–H and O–H groups in total. The molecule has 0 aliphatic rings. The van der Waals surface area contributed by atoms with Gasteiger partial charge in [0.1, 0.15) is 0 Å². The van der Waals surface area contributed by atoms with Gasteiger partial charge < -0.3 is 5.11 Å². The average Bonchev–Trinajstić information content (AvgIpc) is 2.47. The number of aliphatic hydroxyl groups is 1. The van der Waals surface area contributed by atoms with Gasteiger partial charge in [-0.25, -0.2) is 13.1 Å². The smallest absolute Gasteiger partial charge is 0.240 e. The molecule has 0 aliphatic heterocycles. The van der Waals surface area contributed by atoms with Gasteiger partial charge in [-0.3, -0.25) is 0 Å². The highest BCUT2D eigenvalue weighted by atomic mass is 32.2. The molecule has 0 heterocycles. The lowest BCUT2D eigenvalue weighted by Crippen LogP contribution is -2.26. The fourth-order valence-corrected chi connectivity index (χ4v) is 3.09. The van der Waals surface area contributed by atoms with Gasteiger partial charge in [-0.15, -0.1) is 0 Å². The predicted molar refractivity (Wildman–Crippen MR) is 82.4 cm³/mol. The first kappa shape index (κ1) is 15.7. The first-order chi connectivity index (χ1) is 10.0. The molecule has 2 rings (SSSR count). The van der Waals surface area contributed by atoms with Crippen LogP contribution in [0.25, 0.3) is 0 Å². The molecule has 0 aliphatic carbocycles. The van der Waals surface area contributed by atoms with Crippen LogP contribution in [0.4, 0.5) is 0 Å². The number of hydrogen-bond donors (Lipinski definition) is 2. The third-order valence-electron chi connectivity index (χ3n) is 3.20. The summed E-state index contributed by atoms with van der Waals surface area (Å²) in [5.74, 6) is 0. The molecular weight excluding hydrogens is 286 g/mol. The minimum Gasteiger partial charge on any atom is -0.392 e. The Balaban J connectivity index is 1.97. The minimum absolute atomic E-state index is 0.0961. The third kappa shape index (κ3) is 4.39. The van der Waals surface area contributed by atoms with Gasteiger partial charge in [-0.1, -0.05) is 42.0 Å². The van der Waals surface area contributed by atoms with Crippen LogP contribution in [-0.2, 0) is 23.1 Å². The Labute approximate surface area is 125 Å². The van der Waals surface area contributed by atoms with Gasteiger partial charge in [0.15, 0.2) is 0 Å². The van der Waals surface area contributed by atoms with Crippen LogP contribution < -0.4 is 4.72 Å². The Kier molecular flexibility index (Phi) is 5.12. The van der Waals surface area contributed by atoms with Gasteiger partial charge in [0.25, 0.3) is 0 Å². The summed E-state index contributed by atoms with van der Waals surface area (Å²) >= 11 is 0. The molecule has 0 saturated heterocycles. The molecule has 0 aromatic heterocycles. The number of hydrogen-bond acceptors (Lipinski definition) is 3. The van der Waals surface area contributed by atoms with E-state index in [1.807, 2.05) is 31.2 Å². The largest absolute Gasteiger partial charge is 0.392 e. The lowest BCUT2D eigenvalue weighted by molar-refractivity contribution is 0.282. The molecule has 2 aromatic rings. The van der Waals surface area contributed by atoms with Crippen molar-refractivity contribution in [3.63, 3.8) is 0 Å². The molecule has 0 bridgehead atoms. The van der Waals surface area contributed by atoms with Crippen LogP contribution >= 0.6 is 0 Å². The molecule has 112 valence electrons. The van der Waals surface area contributed by atoms with Crippen molar-refractivity contribution < 1.29 is 13.5 Å². The lowest BCUT2D eigenvalue weighted by atomic mass is 10.1. The number of aryl methyl sites for hydroxylation is 1. The van der Waals surface area contributed by atoms with E-state index in [0.29, 0.717) is 18.5 Å². The van der Waals surface area contributed by atoms with E-state index in [2.05, 4.69) is 4.72 Å². The Hall–Kier alpha value is -1.69. The van der Waals surface area contributed by atoms with E-state index in [0.717, 1.165) is 11.1 Å². The highest BCUT2D eigenvalue weighted by Crippen LogP contribution is 2.11. The summed E-state index contributed by atoms with van der Waals surface area (Å²) in [6.45, 7) is 2.27. The number of benzene rings is 2. The summed E-state index contributed by atoms with van der Waals surface area (Å²) < 4.78 is 26.8. The summed E-state index contributed by atoms with van der Waals surface area (Å²) in [5, 5.41) is 8.96. The normalized spacial score (nSPS) is 11.5. The van der Waals surface area contributed by atoms with E-state index in [1.54, 1.807) is 12.1 Å². The maximum atomic E-state index is 12.1. The molecule has 5 heteroatoms. The second-order valence-corrected chi connectivity index (χ2v) is 6.71. The van der Waals surface area contributed by atoms with Gasteiger partial charge in [-0.05, 0) is 36.6 Å². The maximum absolute atomic E-state index is 12.1. The third-order valence-corrected chi connectivity index (χ3v) is 4.68. The van der Waals surface area contributed by atoms with Crippen LogP contribution in [0.5, 0.6) is 0 Å². The Morgan fingerprint density at radius 3 is 2.38 bits per heavy atom. The molecule has 0 saturated carbocycles. The van der Waals surface area contributed by atoms with Crippen molar-refractivity contribution in [2.24, 2.45) is 0 Å². The quantitative estimate of drug-likeness (QED) is 0.858. The lowest BCUT2D eigenvalue weighted by Gasteiger charge is -2.08. The van der Waals surface area contributed by atoms with E-state index in [4.69, 9.17) is 5.11 Å². The number of nitrogens with one attached hydrogen (secondary N) is 1. The molecule has 0 atom stereocenters. The van der Waals surface area contributed by atoms with Crippen molar-refractivity contribution in [3.05, 3.63) is 65.2 Å². The highest BCUT2D eigenvalue weighted by Gasteiger charge is 2.12. The van der Waals surface area contributed by atoms with Crippen molar-refractivity contribution in [3.8, 4) is 0 Å². The number of aliphatic hydroxyl groups excluding tert-OH is 1. The SMILES string of the molecule is Cc1cccc(CCNS(=O)(=O)c2ccc(CO)cc2)c1. The molecule has 0 fully saturated rings. The topological polar surface area (TPSA) is 66.4 Å². The van der Waals surface area contributed by atoms with Crippen LogP contribution in [0.1, 0.15) is 16.7 Å². The van der Waals surface area contributed by atoms with E-state index in [-0.39, 0.29) is 11.5 Å². The van der Waals surface area contributed by atoms with Crippen molar-refractivity contribution in [2.75, 3.05) is 6.54 Å². The van der Waals surface area contributed by atoms with Crippen LogP contribution in [-0.4, -0.2) is 20.1 Å². The van der Waals surface area contributed by atoms with Gasteiger partial charge in [-0.2, -0.15) is 0 Å². The van der Waals surface area contributed by atoms with Crippen molar-refractivity contribution in [1.82, 2.24) is 4.72 Å². The second-order valence-electron chi connectivity index (χ2n) is 4.94. The van der Waals surface area contributed by atoms with Crippen LogP contribution in [0.15, 0.2) is 53.4 Å². The number of sulfonamides is 1. The fourth-order valence-electron chi connectivity index (χ4n) is 2.05. The van der Waals surface area contributed by atoms with Crippen molar-refractivity contribution in [2.45, 2.75) is 24.8 Å². The molecule has 4 nitrogen and oxygen atoms in total. The van der Waals surface area contributed by atoms with E-state index in [9.17, 15) is 8.42 Å². The Bertz CT molecular complexity index is 694. The molecule has 0 radical (unpaired) electrons. The first-order valence-corrected chi connectivity index (χ1v) is 8.24. The second kappa shape index (κ2) is 6.85. The fraction of sp³-hybridized carbons (Fsp3) is 0.250. The maximum Gasteiger partial charge on any atom is 0.240 e. The summed E-state index contributed by atoms with van der Waals surface area (Å²) in [6.07, 6.45) is 0.648. The Morgan fingerprint density at radius 1 is 1.05 bits per heavy atom. The van der Waals surface area contributed by atoms with E-state index >= 15 is 0 Å². The summed E-state index contributed by atoms with van der Waals surface area (Å²) in [5.41, 5.74) is 2.96. The first-order valence-electron chi connectivity index (χ1n) is 6.76. The average molecular weight is 305 g/mol. The summed E-state index contributed by atoms with van der Waals surface area (Å²) in [7, 11) is -3.50. The van der Waals surface area contributed by atoms with Gasteiger partial charge in [0.2, 0.25) is 10.0 Å². The van der Waals surface area contributed by atoms with E-state index < -0.39 is 10.0 Å². The molecular formula is C16H19NO3S. The predicted octanol–water partition coefficient (Wildman–Crippen LogP) is 2.01. The molecule has 0 spiro atoms. The molecule has 21 heavy (non-hydrogen) atoms. The molecule has 0 unspecified atom stereocenters. The highest BCUT2D eigenvalue weighted by molar-refractivity contribution is 7.89. The van der Waals surface area contributed by atoms with Crippen LogP contribution in [0.2, 0.25) is 0 Å². The number of rotatable bonds is 6. The summed E-state index contributed by atoms with van der Waals surface area (Å²) in [4.78, 5) is 0.212.